The van der Waals surface area contributed by atoms with Crippen LogP contribution in [0, 0.1) is 0 Å². The van der Waals surface area contributed by atoms with Gasteiger partial charge >= 0.3 is 5.97 Å². The van der Waals surface area contributed by atoms with E-state index in [1.165, 1.54) is 0 Å². The fraction of sp³-hybridized carbons (Fsp3) is 0.750. The number of hydrogen-bond acceptors (Lipinski definition) is 4. The lowest BCUT2D eigenvalue weighted by Crippen LogP contribution is -2.29. The molecule has 0 aromatic rings. The van der Waals surface area contributed by atoms with Gasteiger partial charge < -0.3 is 5.11 Å². The molecule has 0 aromatic heterocycles. The summed E-state index contributed by atoms with van der Waals surface area (Å²) in [6.07, 6.45) is -0.547. The number of rotatable bonds is 1. The molecule has 5 heteroatoms. The molecule has 1 atom stereocenters. The average molecular weight is 134 g/mol. The van der Waals surface area contributed by atoms with Gasteiger partial charge in [0, 0.05) is 6.42 Å². The normalized spacial score (nSPS) is 27.8. The molecule has 0 bridgehead atoms. The standard InChI is InChI=1S/C4H6O5/c5-4(6)3-1-2-7-9-8-3/h3H,1-2H2,(H,5,6). The maximum Gasteiger partial charge on any atom is 0.336 e. The number of carbonyl (C=O) groups is 1. The van der Waals surface area contributed by atoms with Gasteiger partial charge in [0.25, 0.3) is 0 Å². The highest BCUT2D eigenvalue weighted by Gasteiger charge is 2.23. The zero-order valence-corrected chi connectivity index (χ0v) is 4.57. The Kier molecular flexibility index (Phi) is 1.99. The van der Waals surface area contributed by atoms with Crippen molar-refractivity contribution >= 4 is 5.97 Å². The summed E-state index contributed by atoms with van der Waals surface area (Å²) < 4.78 is 0. The van der Waals surface area contributed by atoms with Gasteiger partial charge in [-0.15, -0.1) is 0 Å². The quantitative estimate of drug-likeness (QED) is 0.500. The van der Waals surface area contributed by atoms with Gasteiger partial charge in [-0.2, -0.15) is 4.89 Å². The molecule has 0 amide bonds. The Morgan fingerprint density at radius 3 is 2.78 bits per heavy atom. The van der Waals surface area contributed by atoms with Crippen molar-refractivity contribution < 1.29 is 24.7 Å². The van der Waals surface area contributed by atoms with Crippen LogP contribution < -0.4 is 0 Å². The molecular formula is C4H6O5. The Hall–Kier alpha value is -0.650. The molecule has 1 N–H and O–H groups in total. The van der Waals surface area contributed by atoms with Crippen molar-refractivity contribution in [3.05, 3.63) is 0 Å². The maximum atomic E-state index is 10.1. The third-order valence-corrected chi connectivity index (χ3v) is 0.942. The zero-order chi connectivity index (χ0) is 6.69. The Balaban J connectivity index is 2.31. The van der Waals surface area contributed by atoms with Gasteiger partial charge in [-0.25, -0.2) is 9.68 Å². The first kappa shape index (κ1) is 6.47. The van der Waals surface area contributed by atoms with Crippen LogP contribution in [0.15, 0.2) is 0 Å². The molecule has 9 heavy (non-hydrogen) atoms. The molecule has 0 aliphatic carbocycles. The first-order valence-electron chi connectivity index (χ1n) is 2.48. The second-order valence-corrected chi connectivity index (χ2v) is 1.60. The van der Waals surface area contributed by atoms with Crippen molar-refractivity contribution in [3.8, 4) is 0 Å². The van der Waals surface area contributed by atoms with E-state index in [9.17, 15) is 4.79 Å². The van der Waals surface area contributed by atoms with Gasteiger partial charge in [0.2, 0.25) is 0 Å². The van der Waals surface area contributed by atoms with Crippen LogP contribution >= 0.6 is 0 Å². The highest BCUT2D eigenvalue weighted by molar-refractivity contribution is 5.72. The Bertz CT molecular complexity index is 106. The van der Waals surface area contributed by atoms with Gasteiger partial charge in [0.15, 0.2) is 6.10 Å². The third kappa shape index (κ3) is 1.63. The molecule has 0 spiro atoms. The second-order valence-electron chi connectivity index (χ2n) is 1.60. The fourth-order valence-electron chi connectivity index (χ4n) is 0.477. The molecule has 52 valence electrons. The number of carboxylic acids is 1. The second kappa shape index (κ2) is 2.77. The number of hydrogen-bond donors (Lipinski definition) is 1. The highest BCUT2D eigenvalue weighted by Crippen LogP contribution is 2.06. The zero-order valence-electron chi connectivity index (χ0n) is 4.57. The molecule has 1 rings (SSSR count). The Morgan fingerprint density at radius 1 is 1.67 bits per heavy atom. The molecule has 5 nitrogen and oxygen atoms in total. The average Bonchev–Trinajstić information content (AvgIpc) is 1.90. The Morgan fingerprint density at radius 2 is 2.44 bits per heavy atom. The lowest BCUT2D eigenvalue weighted by molar-refractivity contribution is -0.543. The van der Waals surface area contributed by atoms with Crippen molar-refractivity contribution in [1.82, 2.24) is 0 Å². The van der Waals surface area contributed by atoms with Crippen LogP contribution in [0.2, 0.25) is 0 Å². The minimum Gasteiger partial charge on any atom is -0.479 e. The van der Waals surface area contributed by atoms with Crippen molar-refractivity contribution in [2.24, 2.45) is 0 Å². The van der Waals surface area contributed by atoms with E-state index < -0.39 is 12.1 Å². The summed E-state index contributed by atoms with van der Waals surface area (Å²) >= 11 is 0. The van der Waals surface area contributed by atoms with Crippen LogP contribution in [0.5, 0.6) is 0 Å². The molecule has 1 heterocycles. The van der Waals surface area contributed by atoms with E-state index in [2.05, 4.69) is 14.8 Å². The van der Waals surface area contributed by atoms with E-state index >= 15 is 0 Å². The molecule has 1 aliphatic rings. The summed E-state index contributed by atoms with van der Waals surface area (Å²) in [6, 6.07) is 0. The summed E-state index contributed by atoms with van der Waals surface area (Å²) in [5.41, 5.74) is 0. The molecule has 1 fully saturated rings. The van der Waals surface area contributed by atoms with Crippen molar-refractivity contribution in [2.75, 3.05) is 6.61 Å². The lowest BCUT2D eigenvalue weighted by atomic mass is 10.3. The van der Waals surface area contributed by atoms with Gasteiger partial charge in [0.05, 0.1) is 6.61 Å². The molecular weight excluding hydrogens is 128 g/mol. The predicted molar refractivity (Wildman–Crippen MR) is 24.2 cm³/mol. The summed E-state index contributed by atoms with van der Waals surface area (Å²) in [7, 11) is 0. The van der Waals surface area contributed by atoms with E-state index in [1.54, 1.807) is 0 Å². The summed E-state index contributed by atoms with van der Waals surface area (Å²) in [5, 5.41) is 12.2. The number of aliphatic carboxylic acids is 1. The van der Waals surface area contributed by atoms with Gasteiger partial charge in [-0.3, -0.25) is 0 Å². The smallest absolute Gasteiger partial charge is 0.336 e. The maximum absolute atomic E-state index is 10.1. The predicted octanol–water partition coefficient (Wildman–Crippen LogP) is -0.277. The van der Waals surface area contributed by atoms with E-state index in [4.69, 9.17) is 5.11 Å². The van der Waals surface area contributed by atoms with Crippen LogP contribution in [0.3, 0.4) is 0 Å². The lowest BCUT2D eigenvalue weighted by Gasteiger charge is -2.15. The third-order valence-electron chi connectivity index (χ3n) is 0.942. The summed E-state index contributed by atoms with van der Waals surface area (Å²) in [5.74, 6) is -1.03. The summed E-state index contributed by atoms with van der Waals surface area (Å²) in [6.45, 7) is 0.261. The monoisotopic (exact) mass is 134 g/mol. The molecule has 0 radical (unpaired) electrons. The minimum absolute atomic E-state index is 0.261. The van der Waals surface area contributed by atoms with Gasteiger partial charge in [-0.05, 0) is 0 Å². The first-order valence-corrected chi connectivity index (χ1v) is 2.48. The first-order chi connectivity index (χ1) is 4.30. The van der Waals surface area contributed by atoms with Crippen molar-refractivity contribution in [1.29, 1.82) is 0 Å². The molecule has 0 aromatic carbocycles. The van der Waals surface area contributed by atoms with E-state index in [-0.39, 0.29) is 6.61 Å². The van der Waals surface area contributed by atoms with E-state index in [0.29, 0.717) is 6.42 Å². The highest BCUT2D eigenvalue weighted by atomic mass is 17.5. The van der Waals surface area contributed by atoms with E-state index in [0.717, 1.165) is 0 Å². The van der Waals surface area contributed by atoms with Crippen molar-refractivity contribution in [3.63, 3.8) is 0 Å². The van der Waals surface area contributed by atoms with Crippen LogP contribution in [0.1, 0.15) is 6.42 Å². The summed E-state index contributed by atoms with van der Waals surface area (Å²) in [4.78, 5) is 18.6. The van der Waals surface area contributed by atoms with Crippen LogP contribution in [-0.4, -0.2) is 23.8 Å². The van der Waals surface area contributed by atoms with E-state index in [1.807, 2.05) is 0 Å². The topological polar surface area (TPSA) is 65.0 Å². The molecule has 1 saturated heterocycles. The van der Waals surface area contributed by atoms with Crippen LogP contribution in [0.4, 0.5) is 0 Å². The number of carboxylic acid groups (broad SMARTS) is 1. The molecule has 1 unspecified atom stereocenters. The Labute approximate surface area is 51.0 Å². The largest absolute Gasteiger partial charge is 0.479 e. The minimum atomic E-state index is -1.03. The van der Waals surface area contributed by atoms with Crippen molar-refractivity contribution in [2.45, 2.75) is 12.5 Å². The fourth-order valence-corrected chi connectivity index (χ4v) is 0.477. The van der Waals surface area contributed by atoms with Crippen LogP contribution in [-0.2, 0) is 19.6 Å². The molecule has 0 saturated carbocycles. The SMILES string of the molecule is O=C(O)C1CCOOO1. The molecule has 1 aliphatic heterocycles. The van der Waals surface area contributed by atoms with Gasteiger partial charge in [-0.1, -0.05) is 5.04 Å². The van der Waals surface area contributed by atoms with Crippen LogP contribution in [0.25, 0.3) is 0 Å². The van der Waals surface area contributed by atoms with Gasteiger partial charge in [0.1, 0.15) is 0 Å².